The van der Waals surface area contributed by atoms with Gasteiger partial charge in [0, 0.05) is 41.7 Å². The van der Waals surface area contributed by atoms with Gasteiger partial charge in [0.25, 0.3) is 0 Å². The third-order valence-electron chi connectivity index (χ3n) is 3.97. The average Bonchev–Trinajstić information content (AvgIpc) is 2.67. The number of aromatic amines is 1. The predicted molar refractivity (Wildman–Crippen MR) is 74.5 cm³/mol. The Balaban J connectivity index is 2.14. The van der Waals surface area contributed by atoms with Crippen LogP contribution in [0.3, 0.4) is 0 Å². The van der Waals surface area contributed by atoms with Gasteiger partial charge < -0.3 is 14.6 Å². The summed E-state index contributed by atoms with van der Waals surface area (Å²) in [4.78, 5) is 6.00. The molecule has 1 aliphatic heterocycles. The quantitative estimate of drug-likeness (QED) is 0.835. The van der Waals surface area contributed by atoms with E-state index < -0.39 is 0 Å². The van der Waals surface area contributed by atoms with Gasteiger partial charge in [-0.15, -0.1) is 0 Å². The van der Waals surface area contributed by atoms with Crippen LogP contribution in [0.25, 0.3) is 10.9 Å². The number of benzene rings is 1. The number of hydrogen-bond donors (Lipinski definition) is 1. The highest BCUT2D eigenvalue weighted by Crippen LogP contribution is 2.32. The lowest BCUT2D eigenvalue weighted by Gasteiger charge is -2.16. The lowest BCUT2D eigenvalue weighted by atomic mass is 10.0. The molecule has 0 saturated heterocycles. The van der Waals surface area contributed by atoms with E-state index >= 15 is 0 Å². The Labute approximate surface area is 108 Å². The van der Waals surface area contributed by atoms with Crippen LogP contribution < -0.4 is 4.74 Å². The van der Waals surface area contributed by atoms with E-state index in [1.807, 2.05) is 0 Å². The Kier molecular flexibility index (Phi) is 2.78. The van der Waals surface area contributed by atoms with Crippen molar-refractivity contribution in [2.45, 2.75) is 19.3 Å². The Morgan fingerprint density at radius 1 is 1.39 bits per heavy atom. The summed E-state index contributed by atoms with van der Waals surface area (Å²) in [6.07, 6.45) is 1.13. The normalized spacial score (nSPS) is 20.7. The van der Waals surface area contributed by atoms with E-state index in [0.717, 1.165) is 25.3 Å². The van der Waals surface area contributed by atoms with Crippen molar-refractivity contribution in [2.24, 2.45) is 0 Å². The molecule has 3 heteroatoms. The first-order valence-electron chi connectivity index (χ1n) is 6.56. The SMILES string of the molecule is COc1ccc2c3c([nH]c2c1)C(C)CN(C)CC3. The van der Waals surface area contributed by atoms with Crippen LogP contribution in [0.5, 0.6) is 5.75 Å². The molecule has 0 spiro atoms. The molecule has 1 atom stereocenters. The van der Waals surface area contributed by atoms with Crippen molar-refractivity contribution in [3.63, 3.8) is 0 Å². The van der Waals surface area contributed by atoms with Crippen molar-refractivity contribution in [1.29, 1.82) is 0 Å². The van der Waals surface area contributed by atoms with E-state index in [2.05, 4.69) is 42.1 Å². The molecule has 1 N–H and O–H groups in total. The van der Waals surface area contributed by atoms with Gasteiger partial charge >= 0.3 is 0 Å². The first-order valence-corrected chi connectivity index (χ1v) is 6.56. The molecule has 2 aromatic rings. The molecule has 1 aliphatic rings. The Morgan fingerprint density at radius 2 is 2.22 bits per heavy atom. The zero-order valence-corrected chi connectivity index (χ0v) is 11.3. The number of ether oxygens (including phenoxy) is 1. The number of rotatable bonds is 1. The second-order valence-electron chi connectivity index (χ2n) is 5.34. The molecule has 1 unspecified atom stereocenters. The fourth-order valence-electron chi connectivity index (χ4n) is 3.03. The third-order valence-corrected chi connectivity index (χ3v) is 3.97. The molecule has 0 aliphatic carbocycles. The first kappa shape index (κ1) is 11.6. The minimum Gasteiger partial charge on any atom is -0.497 e. The molecule has 3 rings (SSSR count). The molecule has 0 saturated carbocycles. The number of fused-ring (bicyclic) bond motifs is 3. The van der Waals surface area contributed by atoms with E-state index in [1.54, 1.807) is 7.11 Å². The number of hydrogen-bond acceptors (Lipinski definition) is 2. The second kappa shape index (κ2) is 4.32. The zero-order valence-electron chi connectivity index (χ0n) is 11.3. The number of aromatic nitrogens is 1. The van der Waals surface area contributed by atoms with Gasteiger partial charge in [0.15, 0.2) is 0 Å². The summed E-state index contributed by atoms with van der Waals surface area (Å²) >= 11 is 0. The minimum atomic E-state index is 0.561. The maximum absolute atomic E-state index is 5.29. The predicted octanol–water partition coefficient (Wildman–Crippen LogP) is 2.77. The van der Waals surface area contributed by atoms with Crippen LogP contribution in [0.15, 0.2) is 18.2 Å². The van der Waals surface area contributed by atoms with Crippen LogP contribution in [0.2, 0.25) is 0 Å². The molecular formula is C15H20N2O. The molecule has 2 heterocycles. The number of methoxy groups -OCH3 is 1. The second-order valence-corrected chi connectivity index (χ2v) is 5.34. The van der Waals surface area contributed by atoms with E-state index in [0.29, 0.717) is 5.92 Å². The molecule has 18 heavy (non-hydrogen) atoms. The summed E-state index contributed by atoms with van der Waals surface area (Å²) in [7, 11) is 3.92. The van der Waals surface area contributed by atoms with Crippen LogP contribution in [0, 0.1) is 0 Å². The van der Waals surface area contributed by atoms with Gasteiger partial charge in [-0.25, -0.2) is 0 Å². The summed E-state index contributed by atoms with van der Waals surface area (Å²) in [6.45, 7) is 4.56. The van der Waals surface area contributed by atoms with Crippen molar-refractivity contribution in [3.05, 3.63) is 29.5 Å². The van der Waals surface area contributed by atoms with Gasteiger partial charge in [0.05, 0.1) is 7.11 Å². The standard InChI is InChI=1S/C15H20N2O/c1-10-9-17(2)7-6-13-12-5-4-11(18-3)8-14(12)16-15(10)13/h4-5,8,10,16H,6-7,9H2,1-3H3. The Morgan fingerprint density at radius 3 is 3.00 bits per heavy atom. The molecule has 1 aromatic heterocycles. The molecule has 96 valence electrons. The maximum atomic E-state index is 5.29. The lowest BCUT2D eigenvalue weighted by Crippen LogP contribution is -2.22. The van der Waals surface area contributed by atoms with Crippen molar-refractivity contribution >= 4 is 10.9 Å². The van der Waals surface area contributed by atoms with E-state index in [-0.39, 0.29) is 0 Å². The van der Waals surface area contributed by atoms with Gasteiger partial charge in [-0.1, -0.05) is 6.92 Å². The van der Waals surface area contributed by atoms with Crippen molar-refractivity contribution in [3.8, 4) is 5.75 Å². The number of nitrogens with one attached hydrogen (secondary N) is 1. The molecule has 0 amide bonds. The Bertz CT molecular complexity index is 573. The molecule has 0 bridgehead atoms. The average molecular weight is 244 g/mol. The number of likely N-dealkylation sites (N-methyl/N-ethyl adjacent to an activating group) is 1. The highest BCUT2D eigenvalue weighted by Gasteiger charge is 2.21. The molecule has 1 aromatic carbocycles. The fraction of sp³-hybridized carbons (Fsp3) is 0.467. The van der Waals surface area contributed by atoms with E-state index in [4.69, 9.17) is 4.74 Å². The molecular weight excluding hydrogens is 224 g/mol. The summed E-state index contributed by atoms with van der Waals surface area (Å²) in [5.41, 5.74) is 4.10. The van der Waals surface area contributed by atoms with Crippen LogP contribution in [0.1, 0.15) is 24.1 Å². The van der Waals surface area contributed by atoms with Crippen LogP contribution >= 0.6 is 0 Å². The van der Waals surface area contributed by atoms with Gasteiger partial charge in [0.2, 0.25) is 0 Å². The zero-order chi connectivity index (χ0) is 12.7. The minimum absolute atomic E-state index is 0.561. The van der Waals surface area contributed by atoms with Crippen LogP contribution in [-0.4, -0.2) is 37.1 Å². The maximum Gasteiger partial charge on any atom is 0.120 e. The summed E-state index contributed by atoms with van der Waals surface area (Å²) in [6, 6.07) is 6.33. The monoisotopic (exact) mass is 244 g/mol. The van der Waals surface area contributed by atoms with Crippen molar-refractivity contribution in [2.75, 3.05) is 27.2 Å². The van der Waals surface area contributed by atoms with E-state index in [9.17, 15) is 0 Å². The van der Waals surface area contributed by atoms with Gasteiger partial charge in [-0.05, 0) is 31.2 Å². The molecule has 0 fully saturated rings. The lowest BCUT2D eigenvalue weighted by molar-refractivity contribution is 0.331. The fourth-order valence-corrected chi connectivity index (χ4v) is 3.03. The summed E-state index contributed by atoms with van der Waals surface area (Å²) in [5.74, 6) is 1.48. The topological polar surface area (TPSA) is 28.3 Å². The van der Waals surface area contributed by atoms with E-state index in [1.165, 1.54) is 22.2 Å². The largest absolute Gasteiger partial charge is 0.497 e. The number of nitrogens with zero attached hydrogens (tertiary/aromatic N) is 1. The molecule has 3 nitrogen and oxygen atoms in total. The smallest absolute Gasteiger partial charge is 0.120 e. The first-order chi connectivity index (χ1) is 8.69. The highest BCUT2D eigenvalue weighted by molar-refractivity contribution is 5.86. The number of H-pyrrole nitrogens is 1. The highest BCUT2D eigenvalue weighted by atomic mass is 16.5. The molecule has 0 radical (unpaired) electrons. The van der Waals surface area contributed by atoms with Crippen LogP contribution in [0.4, 0.5) is 0 Å². The summed E-state index contributed by atoms with van der Waals surface area (Å²) in [5, 5.41) is 1.35. The summed E-state index contributed by atoms with van der Waals surface area (Å²) < 4.78 is 5.29. The van der Waals surface area contributed by atoms with Crippen molar-refractivity contribution in [1.82, 2.24) is 9.88 Å². The van der Waals surface area contributed by atoms with Crippen molar-refractivity contribution < 1.29 is 4.74 Å². The Hall–Kier alpha value is -1.48. The van der Waals surface area contributed by atoms with Gasteiger partial charge in [-0.3, -0.25) is 0 Å². The van der Waals surface area contributed by atoms with Crippen LogP contribution in [-0.2, 0) is 6.42 Å². The third kappa shape index (κ3) is 1.79. The van der Waals surface area contributed by atoms with Gasteiger partial charge in [0.1, 0.15) is 5.75 Å². The van der Waals surface area contributed by atoms with Gasteiger partial charge in [-0.2, -0.15) is 0 Å².